The molecule has 1 aromatic carbocycles. The first kappa shape index (κ1) is 10.3. The van der Waals surface area contributed by atoms with Crippen LogP contribution in [-0.2, 0) is 4.79 Å². The molecular weight excluding hydrogens is 212 g/mol. The molecular formula is C11H13ClN2O. The Morgan fingerprint density at radius 3 is 2.80 bits per heavy atom. The number of carbonyl (C=O) groups is 1. The number of anilines is 1. The maximum atomic E-state index is 10.3. The van der Waals surface area contributed by atoms with Gasteiger partial charge in [-0.05, 0) is 30.7 Å². The van der Waals surface area contributed by atoms with Crippen LogP contribution in [-0.4, -0.2) is 25.5 Å². The molecule has 1 aliphatic rings. The molecule has 80 valence electrons. The van der Waals surface area contributed by atoms with Gasteiger partial charge in [0.15, 0.2) is 0 Å². The Labute approximate surface area is 94.0 Å². The van der Waals surface area contributed by atoms with Crippen molar-refractivity contribution in [2.24, 2.45) is 0 Å². The van der Waals surface area contributed by atoms with Crippen LogP contribution in [0.5, 0.6) is 0 Å². The molecule has 1 aromatic rings. The molecule has 1 heterocycles. The van der Waals surface area contributed by atoms with E-state index in [1.165, 1.54) is 0 Å². The summed E-state index contributed by atoms with van der Waals surface area (Å²) in [4.78, 5) is 12.5. The number of carbonyl (C=O) groups excluding carboxylic acids is 1. The lowest BCUT2D eigenvalue weighted by Crippen LogP contribution is -2.31. The summed E-state index contributed by atoms with van der Waals surface area (Å²) in [7, 11) is 0. The average Bonchev–Trinajstić information content (AvgIpc) is 2.68. The lowest BCUT2D eigenvalue weighted by atomic mass is 10.3. The largest absolute Gasteiger partial charge is 0.369 e. The van der Waals surface area contributed by atoms with Crippen LogP contribution in [0, 0.1) is 0 Å². The van der Waals surface area contributed by atoms with Gasteiger partial charge < -0.3 is 10.2 Å². The zero-order valence-electron chi connectivity index (χ0n) is 8.32. The van der Waals surface area contributed by atoms with Crippen molar-refractivity contribution >= 4 is 23.7 Å². The fourth-order valence-electron chi connectivity index (χ4n) is 1.88. The SMILES string of the molecule is O=CNC1CCN(c2ccc(Cl)cc2)C1. The van der Waals surface area contributed by atoms with E-state index < -0.39 is 0 Å². The Hall–Kier alpha value is -1.22. The molecule has 1 atom stereocenters. The Bertz CT molecular complexity index is 339. The second-order valence-corrected chi connectivity index (χ2v) is 4.13. The van der Waals surface area contributed by atoms with E-state index in [1.807, 2.05) is 24.3 Å². The van der Waals surface area contributed by atoms with E-state index in [0.29, 0.717) is 0 Å². The van der Waals surface area contributed by atoms with Gasteiger partial charge >= 0.3 is 0 Å². The van der Waals surface area contributed by atoms with E-state index in [1.54, 1.807) is 0 Å². The number of hydrogen-bond donors (Lipinski definition) is 1. The number of benzene rings is 1. The van der Waals surface area contributed by atoms with E-state index in [2.05, 4.69) is 10.2 Å². The molecule has 0 saturated carbocycles. The second-order valence-electron chi connectivity index (χ2n) is 3.69. The van der Waals surface area contributed by atoms with Crippen molar-refractivity contribution in [3.63, 3.8) is 0 Å². The quantitative estimate of drug-likeness (QED) is 0.793. The first-order valence-corrected chi connectivity index (χ1v) is 5.37. The molecule has 4 heteroatoms. The minimum Gasteiger partial charge on any atom is -0.369 e. The lowest BCUT2D eigenvalue weighted by Gasteiger charge is -2.18. The van der Waals surface area contributed by atoms with Crippen LogP contribution in [0.1, 0.15) is 6.42 Å². The number of rotatable bonds is 3. The van der Waals surface area contributed by atoms with Crippen molar-refractivity contribution in [1.82, 2.24) is 5.32 Å². The molecule has 0 radical (unpaired) electrons. The third-order valence-electron chi connectivity index (χ3n) is 2.68. The molecule has 0 aliphatic carbocycles. The van der Waals surface area contributed by atoms with E-state index in [-0.39, 0.29) is 6.04 Å². The Balaban J connectivity index is 2.01. The van der Waals surface area contributed by atoms with Crippen LogP contribution in [0.15, 0.2) is 24.3 Å². The van der Waals surface area contributed by atoms with Crippen LogP contribution in [0.3, 0.4) is 0 Å². The summed E-state index contributed by atoms with van der Waals surface area (Å²) in [6.07, 6.45) is 1.78. The van der Waals surface area contributed by atoms with Gasteiger partial charge in [0.2, 0.25) is 6.41 Å². The molecule has 2 rings (SSSR count). The van der Waals surface area contributed by atoms with Gasteiger partial charge in [0.1, 0.15) is 0 Å². The van der Waals surface area contributed by atoms with Gasteiger partial charge in [-0.3, -0.25) is 4.79 Å². The number of amides is 1. The minimum atomic E-state index is 0.276. The summed E-state index contributed by atoms with van der Waals surface area (Å²) in [5.41, 5.74) is 1.16. The lowest BCUT2D eigenvalue weighted by molar-refractivity contribution is -0.110. The summed E-state index contributed by atoms with van der Waals surface area (Å²) < 4.78 is 0. The number of nitrogens with one attached hydrogen (secondary N) is 1. The number of nitrogens with zero attached hydrogens (tertiary/aromatic N) is 1. The van der Waals surface area contributed by atoms with Gasteiger partial charge in [-0.25, -0.2) is 0 Å². The highest BCUT2D eigenvalue weighted by Gasteiger charge is 2.21. The van der Waals surface area contributed by atoms with Crippen LogP contribution in [0.25, 0.3) is 0 Å². The first-order valence-electron chi connectivity index (χ1n) is 5.00. The molecule has 0 bridgehead atoms. The maximum Gasteiger partial charge on any atom is 0.207 e. The van der Waals surface area contributed by atoms with Gasteiger partial charge in [-0.1, -0.05) is 11.6 Å². The molecule has 3 nitrogen and oxygen atoms in total. The number of hydrogen-bond acceptors (Lipinski definition) is 2. The summed E-state index contributed by atoms with van der Waals surface area (Å²) in [5.74, 6) is 0. The highest BCUT2D eigenvalue weighted by Crippen LogP contribution is 2.22. The maximum absolute atomic E-state index is 10.3. The van der Waals surface area contributed by atoms with E-state index in [4.69, 9.17) is 11.6 Å². The molecule has 1 aliphatic heterocycles. The Kier molecular flexibility index (Phi) is 3.11. The van der Waals surface area contributed by atoms with Gasteiger partial charge in [-0.15, -0.1) is 0 Å². The molecule has 1 unspecified atom stereocenters. The normalized spacial score (nSPS) is 20.3. The van der Waals surface area contributed by atoms with Crippen molar-refractivity contribution in [2.45, 2.75) is 12.5 Å². The highest BCUT2D eigenvalue weighted by atomic mass is 35.5. The smallest absolute Gasteiger partial charge is 0.207 e. The zero-order chi connectivity index (χ0) is 10.7. The highest BCUT2D eigenvalue weighted by molar-refractivity contribution is 6.30. The average molecular weight is 225 g/mol. The fourth-order valence-corrected chi connectivity index (χ4v) is 2.00. The first-order chi connectivity index (χ1) is 7.29. The van der Waals surface area contributed by atoms with Gasteiger partial charge in [0, 0.05) is 29.8 Å². The molecule has 1 amide bonds. The third kappa shape index (κ3) is 2.42. The standard InChI is InChI=1S/C11H13ClN2O/c12-9-1-3-11(4-2-9)14-6-5-10(7-14)13-8-15/h1-4,8,10H,5-7H2,(H,13,15). The molecule has 1 fully saturated rings. The van der Waals surface area contributed by atoms with Crippen molar-refractivity contribution < 1.29 is 4.79 Å². The fraction of sp³-hybridized carbons (Fsp3) is 0.364. The van der Waals surface area contributed by atoms with Crippen LogP contribution >= 0.6 is 11.6 Å². The van der Waals surface area contributed by atoms with Crippen molar-refractivity contribution in [1.29, 1.82) is 0 Å². The second kappa shape index (κ2) is 4.53. The Morgan fingerprint density at radius 2 is 2.13 bits per heavy atom. The minimum absolute atomic E-state index is 0.276. The molecule has 0 aromatic heterocycles. The van der Waals surface area contributed by atoms with Crippen molar-refractivity contribution in [2.75, 3.05) is 18.0 Å². The zero-order valence-corrected chi connectivity index (χ0v) is 9.07. The van der Waals surface area contributed by atoms with E-state index in [9.17, 15) is 4.79 Å². The third-order valence-corrected chi connectivity index (χ3v) is 2.94. The summed E-state index contributed by atoms with van der Waals surface area (Å²) in [6, 6.07) is 8.06. The van der Waals surface area contributed by atoms with Crippen molar-refractivity contribution in [3.8, 4) is 0 Å². The van der Waals surface area contributed by atoms with Crippen LogP contribution in [0.2, 0.25) is 5.02 Å². The molecule has 15 heavy (non-hydrogen) atoms. The Morgan fingerprint density at radius 1 is 1.40 bits per heavy atom. The monoisotopic (exact) mass is 224 g/mol. The van der Waals surface area contributed by atoms with Crippen LogP contribution < -0.4 is 10.2 Å². The van der Waals surface area contributed by atoms with E-state index >= 15 is 0 Å². The van der Waals surface area contributed by atoms with Crippen LogP contribution in [0.4, 0.5) is 5.69 Å². The summed E-state index contributed by atoms with van der Waals surface area (Å²) in [6.45, 7) is 1.85. The van der Waals surface area contributed by atoms with E-state index in [0.717, 1.165) is 36.6 Å². The molecule has 1 N–H and O–H groups in total. The molecule has 0 spiro atoms. The topological polar surface area (TPSA) is 32.3 Å². The summed E-state index contributed by atoms with van der Waals surface area (Å²) in [5, 5.41) is 3.56. The predicted molar refractivity (Wildman–Crippen MR) is 61.3 cm³/mol. The predicted octanol–water partition coefficient (Wildman–Crippen LogP) is 1.66. The summed E-state index contributed by atoms with van der Waals surface area (Å²) >= 11 is 5.82. The van der Waals surface area contributed by atoms with Gasteiger partial charge in [-0.2, -0.15) is 0 Å². The van der Waals surface area contributed by atoms with Crippen molar-refractivity contribution in [3.05, 3.63) is 29.3 Å². The van der Waals surface area contributed by atoms with Gasteiger partial charge in [0.05, 0.1) is 0 Å². The number of halogens is 1. The molecule has 1 saturated heterocycles. The van der Waals surface area contributed by atoms with Gasteiger partial charge in [0.25, 0.3) is 0 Å².